The van der Waals surface area contributed by atoms with Crippen molar-refractivity contribution in [2.24, 2.45) is 7.05 Å². The van der Waals surface area contributed by atoms with Crippen LogP contribution in [0.1, 0.15) is 35.3 Å². The second-order valence-electron chi connectivity index (χ2n) is 7.82. The van der Waals surface area contributed by atoms with Crippen LogP contribution in [0, 0.1) is 0 Å². The fourth-order valence-corrected chi connectivity index (χ4v) is 4.21. The number of anilines is 1. The molecule has 0 unspecified atom stereocenters. The number of hydrogen-bond acceptors (Lipinski definition) is 8. The lowest BCUT2D eigenvalue weighted by Crippen LogP contribution is -2.23. The topological polar surface area (TPSA) is 120 Å². The van der Waals surface area contributed by atoms with Crippen molar-refractivity contribution in [3.8, 4) is 11.5 Å². The normalized spacial score (nSPS) is 14.3. The average Bonchev–Trinajstić information content (AvgIpc) is 3.40. The van der Waals surface area contributed by atoms with Crippen LogP contribution >= 0.6 is 11.8 Å². The predicted octanol–water partition coefficient (Wildman–Crippen LogP) is 2.59. The van der Waals surface area contributed by atoms with Gasteiger partial charge in [-0.1, -0.05) is 11.8 Å². The number of nitrogens with one attached hydrogen (secondary N) is 2. The molecule has 2 heterocycles. The van der Waals surface area contributed by atoms with Crippen molar-refractivity contribution >= 4 is 29.3 Å². The van der Waals surface area contributed by atoms with Gasteiger partial charge in [0, 0.05) is 42.4 Å². The number of ether oxygens (including phenoxy) is 2. The van der Waals surface area contributed by atoms with Crippen LogP contribution in [0.2, 0.25) is 0 Å². The molecule has 2 amide bonds. The van der Waals surface area contributed by atoms with E-state index in [0.717, 1.165) is 29.0 Å². The summed E-state index contributed by atoms with van der Waals surface area (Å²) >= 11 is 1.24. The van der Waals surface area contributed by atoms with E-state index in [0.29, 0.717) is 29.6 Å². The average molecular weight is 483 g/mol. The molecule has 1 atom stereocenters. The third-order valence-electron chi connectivity index (χ3n) is 5.16. The van der Waals surface area contributed by atoms with Crippen molar-refractivity contribution in [2.45, 2.75) is 38.1 Å². The first-order valence-electron chi connectivity index (χ1n) is 10.9. The number of carbonyl (C=O) groups excluding carboxylic acids is 2. The van der Waals surface area contributed by atoms with Crippen molar-refractivity contribution in [2.75, 3.05) is 17.7 Å². The molecule has 0 radical (unpaired) electrons. The monoisotopic (exact) mass is 482 g/mol. The highest BCUT2D eigenvalue weighted by Crippen LogP contribution is 2.35. The van der Waals surface area contributed by atoms with Gasteiger partial charge in [-0.25, -0.2) is 4.68 Å². The van der Waals surface area contributed by atoms with Crippen LogP contribution in [0.15, 0.2) is 41.6 Å². The Morgan fingerprint density at radius 3 is 2.76 bits per heavy atom. The Morgan fingerprint density at radius 2 is 2.06 bits per heavy atom. The summed E-state index contributed by atoms with van der Waals surface area (Å²) in [6.45, 7) is 4.81. The van der Waals surface area contributed by atoms with Crippen LogP contribution in [0.4, 0.5) is 5.69 Å². The van der Waals surface area contributed by atoms with Gasteiger partial charge in [-0.2, -0.15) is 0 Å². The third kappa shape index (κ3) is 5.66. The second-order valence-corrected chi connectivity index (χ2v) is 8.76. The number of hydrogen-bond donors (Lipinski definition) is 2. The van der Waals surface area contributed by atoms with Crippen LogP contribution in [0.5, 0.6) is 11.5 Å². The largest absolute Gasteiger partial charge is 0.494 e. The van der Waals surface area contributed by atoms with Crippen LogP contribution in [0.25, 0.3) is 0 Å². The minimum atomic E-state index is -0.222. The van der Waals surface area contributed by atoms with Crippen molar-refractivity contribution in [1.29, 1.82) is 0 Å². The van der Waals surface area contributed by atoms with Gasteiger partial charge in [0.05, 0.1) is 12.4 Å². The minimum absolute atomic E-state index is 0.135. The van der Waals surface area contributed by atoms with E-state index in [1.165, 1.54) is 16.4 Å². The lowest BCUT2D eigenvalue weighted by molar-refractivity contribution is -0.113. The maximum atomic E-state index is 12.7. The summed E-state index contributed by atoms with van der Waals surface area (Å²) in [5.41, 5.74) is 3.07. The van der Waals surface area contributed by atoms with Gasteiger partial charge in [-0.05, 0) is 60.7 Å². The number of aryl methyl sites for hydroxylation is 1. The van der Waals surface area contributed by atoms with E-state index < -0.39 is 0 Å². The number of aromatic nitrogens is 4. The molecule has 0 saturated heterocycles. The number of rotatable bonds is 9. The molecule has 2 N–H and O–H groups in total. The van der Waals surface area contributed by atoms with E-state index in [4.69, 9.17) is 9.47 Å². The molecule has 34 heavy (non-hydrogen) atoms. The molecule has 1 aliphatic heterocycles. The molecular weight excluding hydrogens is 456 g/mol. The number of carbonyl (C=O) groups is 2. The first-order chi connectivity index (χ1) is 16.4. The summed E-state index contributed by atoms with van der Waals surface area (Å²) in [4.78, 5) is 24.8. The Hall–Kier alpha value is -3.60. The van der Waals surface area contributed by atoms with Gasteiger partial charge >= 0.3 is 0 Å². The smallest absolute Gasteiger partial charge is 0.251 e. The molecule has 10 nitrogen and oxygen atoms in total. The fraction of sp³-hybridized carbons (Fsp3) is 0.348. The van der Waals surface area contributed by atoms with E-state index in [1.807, 2.05) is 26.0 Å². The number of benzene rings is 2. The quantitative estimate of drug-likeness (QED) is 0.447. The van der Waals surface area contributed by atoms with Gasteiger partial charge in [0.15, 0.2) is 0 Å². The minimum Gasteiger partial charge on any atom is -0.494 e. The highest BCUT2D eigenvalue weighted by atomic mass is 32.2. The van der Waals surface area contributed by atoms with Gasteiger partial charge in [-0.15, -0.1) is 5.10 Å². The molecule has 4 rings (SSSR count). The summed E-state index contributed by atoms with van der Waals surface area (Å²) in [5, 5.41) is 17.4. The Balaban J connectivity index is 1.32. The van der Waals surface area contributed by atoms with Crippen molar-refractivity contribution in [3.05, 3.63) is 53.1 Å². The van der Waals surface area contributed by atoms with Gasteiger partial charge in [0.1, 0.15) is 17.6 Å². The molecule has 0 bridgehead atoms. The fourth-order valence-electron chi connectivity index (χ4n) is 3.56. The summed E-state index contributed by atoms with van der Waals surface area (Å²) in [6.07, 6.45) is 0.983. The zero-order valence-corrected chi connectivity index (χ0v) is 20.0. The molecule has 0 saturated carbocycles. The number of amides is 2. The van der Waals surface area contributed by atoms with Gasteiger partial charge in [-0.3, -0.25) is 9.59 Å². The van der Waals surface area contributed by atoms with Gasteiger partial charge < -0.3 is 20.1 Å². The van der Waals surface area contributed by atoms with Crippen LogP contribution in [-0.4, -0.2) is 50.5 Å². The number of tetrazole rings is 1. The molecule has 1 aliphatic rings. The predicted molar refractivity (Wildman–Crippen MR) is 127 cm³/mol. The standard InChI is InChI=1S/C23H26N6O4S/c1-4-32-19-10-16-9-14(2)33-20(16)11-17(19)12-24-22(31)15-5-7-18(8-6-15)25-21(30)13-34-23-26-27-28-29(23)3/h5-8,10-11,14H,4,9,12-13H2,1-3H3,(H,24,31)(H,25,30)/t14-/m0/s1. The summed E-state index contributed by atoms with van der Waals surface area (Å²) in [5.74, 6) is 1.35. The number of thioether (sulfide) groups is 1. The van der Waals surface area contributed by atoms with Gasteiger partial charge in [0.2, 0.25) is 11.1 Å². The summed E-state index contributed by atoms with van der Waals surface area (Å²) in [7, 11) is 1.71. The zero-order chi connectivity index (χ0) is 24.1. The Bertz CT molecular complexity index is 1180. The van der Waals surface area contributed by atoms with Crippen LogP contribution < -0.4 is 20.1 Å². The molecule has 0 fully saturated rings. The zero-order valence-electron chi connectivity index (χ0n) is 19.2. The molecule has 2 aromatic carbocycles. The lowest BCUT2D eigenvalue weighted by atomic mass is 10.1. The van der Waals surface area contributed by atoms with Crippen molar-refractivity contribution < 1.29 is 19.1 Å². The van der Waals surface area contributed by atoms with E-state index in [1.54, 1.807) is 31.3 Å². The molecule has 178 valence electrons. The SMILES string of the molecule is CCOc1cc2c(cc1CNC(=O)c1ccc(NC(=O)CSc3nnnn3C)cc1)O[C@@H](C)C2. The number of fused-ring (bicyclic) bond motifs is 1. The van der Waals surface area contributed by atoms with Crippen molar-refractivity contribution in [1.82, 2.24) is 25.5 Å². The highest BCUT2D eigenvalue weighted by Gasteiger charge is 2.22. The Kier molecular flexibility index (Phi) is 7.31. The summed E-state index contributed by atoms with van der Waals surface area (Å²) < 4.78 is 13.1. The Morgan fingerprint density at radius 1 is 1.26 bits per heavy atom. The molecule has 11 heteroatoms. The van der Waals surface area contributed by atoms with Crippen LogP contribution in [0.3, 0.4) is 0 Å². The second kappa shape index (κ2) is 10.6. The van der Waals surface area contributed by atoms with Crippen LogP contribution in [-0.2, 0) is 24.8 Å². The Labute approximate surface area is 201 Å². The highest BCUT2D eigenvalue weighted by molar-refractivity contribution is 7.99. The molecule has 1 aromatic heterocycles. The maximum Gasteiger partial charge on any atom is 0.251 e. The first kappa shape index (κ1) is 23.6. The van der Waals surface area contributed by atoms with E-state index in [9.17, 15) is 9.59 Å². The number of nitrogens with zero attached hydrogens (tertiary/aromatic N) is 4. The first-order valence-corrected chi connectivity index (χ1v) is 11.9. The van der Waals surface area contributed by atoms with E-state index >= 15 is 0 Å². The van der Waals surface area contributed by atoms with Gasteiger partial charge in [0.25, 0.3) is 5.91 Å². The summed E-state index contributed by atoms with van der Waals surface area (Å²) in [6, 6.07) is 10.7. The molecular formula is C23H26N6O4S. The third-order valence-corrected chi connectivity index (χ3v) is 6.17. The lowest BCUT2D eigenvalue weighted by Gasteiger charge is -2.13. The maximum absolute atomic E-state index is 12.7. The van der Waals surface area contributed by atoms with E-state index in [-0.39, 0.29) is 23.7 Å². The van der Waals surface area contributed by atoms with E-state index in [2.05, 4.69) is 26.2 Å². The molecule has 0 spiro atoms. The molecule has 0 aliphatic carbocycles. The van der Waals surface area contributed by atoms with Crippen molar-refractivity contribution in [3.63, 3.8) is 0 Å². The molecule has 3 aromatic rings.